The van der Waals surface area contributed by atoms with Crippen LogP contribution >= 0.6 is 0 Å². The second-order valence-electron chi connectivity index (χ2n) is 9.44. The molecule has 1 aliphatic heterocycles. The molecule has 1 aromatic carbocycles. The molecule has 1 atom stereocenters. The van der Waals surface area contributed by atoms with E-state index >= 15 is 0 Å². The highest BCUT2D eigenvalue weighted by Gasteiger charge is 2.29. The number of halogens is 1. The molecular formula is C27H31FN8O3. The first-order valence-electron chi connectivity index (χ1n) is 12.6. The number of amides is 1. The Hall–Kier alpha value is -3.97. The van der Waals surface area contributed by atoms with E-state index in [1.54, 1.807) is 37.7 Å². The molecule has 0 aliphatic carbocycles. The van der Waals surface area contributed by atoms with Gasteiger partial charge in [0.1, 0.15) is 11.7 Å². The Morgan fingerprint density at radius 3 is 2.82 bits per heavy atom. The van der Waals surface area contributed by atoms with Crippen molar-refractivity contribution < 1.29 is 19.0 Å². The lowest BCUT2D eigenvalue weighted by molar-refractivity contribution is -0.124. The number of nitrogens with one attached hydrogen (secondary N) is 3. The summed E-state index contributed by atoms with van der Waals surface area (Å²) in [6, 6.07) is 8.38. The minimum atomic E-state index is -0.586. The Labute approximate surface area is 225 Å². The fourth-order valence-electron chi connectivity index (χ4n) is 4.70. The van der Waals surface area contributed by atoms with Crippen molar-refractivity contribution in [1.82, 2.24) is 29.7 Å². The minimum absolute atomic E-state index is 0.105. The van der Waals surface area contributed by atoms with Crippen molar-refractivity contribution in [3.63, 3.8) is 0 Å². The zero-order valence-corrected chi connectivity index (χ0v) is 21.8. The molecule has 39 heavy (non-hydrogen) atoms. The second kappa shape index (κ2) is 11.8. The van der Waals surface area contributed by atoms with Crippen LogP contribution < -0.4 is 10.6 Å². The zero-order chi connectivity index (χ0) is 27.4. The summed E-state index contributed by atoms with van der Waals surface area (Å²) < 4.78 is 20.3. The molecule has 4 N–H and O–H groups in total. The minimum Gasteiger partial charge on any atom is -0.390 e. The van der Waals surface area contributed by atoms with Crippen molar-refractivity contribution >= 4 is 34.1 Å². The molecule has 4 aromatic rings. The number of piperazine rings is 1. The normalized spacial score (nSPS) is 15.4. The molecule has 0 bridgehead atoms. The number of rotatable bonds is 9. The van der Waals surface area contributed by atoms with E-state index < -0.39 is 11.9 Å². The van der Waals surface area contributed by atoms with Crippen LogP contribution in [-0.4, -0.2) is 93.7 Å². The number of carbonyl (C=O) groups excluding carboxylic acids is 1. The molecule has 0 saturated carbocycles. The molecule has 12 heteroatoms. The van der Waals surface area contributed by atoms with Crippen molar-refractivity contribution in [2.75, 3.05) is 57.6 Å². The summed E-state index contributed by atoms with van der Waals surface area (Å²) in [5, 5.41) is 16.1. The number of benzene rings is 1. The number of likely N-dealkylation sites (N-methyl/N-ethyl adjacent to an activating group) is 1. The van der Waals surface area contributed by atoms with E-state index in [9.17, 15) is 14.3 Å². The van der Waals surface area contributed by atoms with Gasteiger partial charge >= 0.3 is 0 Å². The van der Waals surface area contributed by atoms with Gasteiger partial charge in [-0.05, 0) is 25.2 Å². The summed E-state index contributed by atoms with van der Waals surface area (Å²) in [7, 11) is 3.66. The van der Waals surface area contributed by atoms with Crippen LogP contribution in [-0.2, 0) is 16.1 Å². The standard InChI is InChI=1S/C27H31FN8O3/c1-35-8-10-36(11-9-35)23(16-39-2)26(38)33-22-5-3-4-19-20(13-30-25(19)22)24-21(28)14-31-27(34-24)32-17-6-7-29-18(12-17)15-37/h3-7,12-14,23,30,37H,8-11,15-16H2,1-2H3,(H,33,38)(H,29,31,32,34)/t23-/m1/s1. The molecule has 0 radical (unpaired) electrons. The molecule has 1 aliphatic rings. The Balaban J connectivity index is 1.41. The number of fused-ring (bicyclic) bond motifs is 1. The van der Waals surface area contributed by atoms with Gasteiger partial charge in [0, 0.05) is 62.3 Å². The maximum Gasteiger partial charge on any atom is 0.244 e. The number of carbonyl (C=O) groups is 1. The van der Waals surface area contributed by atoms with Gasteiger partial charge in [0.2, 0.25) is 11.9 Å². The number of pyridine rings is 1. The summed E-state index contributed by atoms with van der Waals surface area (Å²) in [6.45, 7) is 3.39. The lowest BCUT2D eigenvalue weighted by atomic mass is 10.1. The van der Waals surface area contributed by atoms with Crippen molar-refractivity contribution in [2.24, 2.45) is 0 Å². The lowest BCUT2D eigenvalue weighted by Crippen LogP contribution is -2.54. The van der Waals surface area contributed by atoms with Gasteiger partial charge in [-0.3, -0.25) is 14.7 Å². The van der Waals surface area contributed by atoms with Gasteiger partial charge in [0.25, 0.3) is 0 Å². The average Bonchev–Trinajstić information content (AvgIpc) is 3.38. The van der Waals surface area contributed by atoms with Crippen molar-refractivity contribution in [3.05, 3.63) is 60.4 Å². The Morgan fingerprint density at radius 2 is 2.05 bits per heavy atom. The highest BCUT2D eigenvalue weighted by molar-refractivity contribution is 6.06. The second-order valence-corrected chi connectivity index (χ2v) is 9.44. The molecular weight excluding hydrogens is 503 g/mol. The number of aromatic amines is 1. The van der Waals surface area contributed by atoms with Crippen molar-refractivity contribution in [3.8, 4) is 11.3 Å². The van der Waals surface area contributed by atoms with Gasteiger partial charge in [-0.15, -0.1) is 0 Å². The number of hydrogen-bond donors (Lipinski definition) is 4. The molecule has 1 fully saturated rings. The third-order valence-electron chi connectivity index (χ3n) is 6.81. The summed E-state index contributed by atoms with van der Waals surface area (Å²) in [4.78, 5) is 33.4. The lowest BCUT2D eigenvalue weighted by Gasteiger charge is -2.36. The van der Waals surface area contributed by atoms with Crippen LogP contribution in [0.25, 0.3) is 22.2 Å². The van der Waals surface area contributed by atoms with Gasteiger partial charge in [-0.25, -0.2) is 14.4 Å². The fourth-order valence-corrected chi connectivity index (χ4v) is 4.70. The third kappa shape index (κ3) is 5.88. The number of methoxy groups -OCH3 is 1. The van der Waals surface area contributed by atoms with E-state index in [0.29, 0.717) is 33.5 Å². The number of hydrogen-bond acceptors (Lipinski definition) is 9. The first-order valence-corrected chi connectivity index (χ1v) is 12.6. The maximum atomic E-state index is 15.0. The van der Waals surface area contributed by atoms with Crippen LogP contribution in [0.15, 0.2) is 48.9 Å². The summed E-state index contributed by atoms with van der Waals surface area (Å²) in [5.74, 6) is -0.559. The van der Waals surface area contributed by atoms with Gasteiger partial charge in [0.15, 0.2) is 5.82 Å². The van der Waals surface area contributed by atoms with Crippen LogP contribution in [0.1, 0.15) is 5.69 Å². The first kappa shape index (κ1) is 26.6. The van der Waals surface area contributed by atoms with E-state index in [-0.39, 0.29) is 30.8 Å². The molecule has 204 valence electrons. The quantitative estimate of drug-likeness (QED) is 0.256. The molecule has 1 saturated heterocycles. The highest BCUT2D eigenvalue weighted by Crippen LogP contribution is 2.33. The number of nitrogens with zero attached hydrogens (tertiary/aromatic N) is 5. The number of aliphatic hydroxyl groups excluding tert-OH is 1. The van der Waals surface area contributed by atoms with Crippen LogP contribution in [0.4, 0.5) is 21.7 Å². The average molecular weight is 535 g/mol. The summed E-state index contributed by atoms with van der Waals surface area (Å²) in [6.07, 6.45) is 4.32. The molecule has 0 spiro atoms. The molecule has 1 amide bonds. The zero-order valence-electron chi connectivity index (χ0n) is 21.8. The first-order chi connectivity index (χ1) is 19.0. The van der Waals surface area contributed by atoms with E-state index in [1.165, 1.54) is 0 Å². The smallest absolute Gasteiger partial charge is 0.244 e. The number of aliphatic hydroxyl groups is 1. The Morgan fingerprint density at radius 1 is 1.23 bits per heavy atom. The van der Waals surface area contributed by atoms with Crippen LogP contribution in [0.2, 0.25) is 0 Å². The topological polar surface area (TPSA) is 132 Å². The number of H-pyrrole nitrogens is 1. The maximum absolute atomic E-state index is 15.0. The van der Waals surface area contributed by atoms with E-state index in [1.807, 2.05) is 12.1 Å². The van der Waals surface area contributed by atoms with E-state index in [2.05, 4.69) is 47.4 Å². The molecule has 3 aromatic heterocycles. The van der Waals surface area contributed by atoms with Gasteiger partial charge in [-0.2, -0.15) is 0 Å². The number of para-hydroxylation sites is 1. The summed E-state index contributed by atoms with van der Waals surface area (Å²) in [5.41, 5.74) is 2.97. The van der Waals surface area contributed by atoms with E-state index in [4.69, 9.17) is 4.74 Å². The SMILES string of the molecule is COC[C@H](C(=O)Nc1cccc2c(-c3nc(Nc4ccnc(CO)c4)ncc3F)c[nH]c12)N1CCN(C)CC1. The molecule has 0 unspecified atom stereocenters. The fraction of sp³-hybridized carbons (Fsp3) is 0.333. The number of aromatic nitrogens is 4. The molecule has 5 rings (SSSR count). The largest absolute Gasteiger partial charge is 0.390 e. The Bertz CT molecular complexity index is 1450. The van der Waals surface area contributed by atoms with Crippen molar-refractivity contribution in [1.29, 1.82) is 0 Å². The van der Waals surface area contributed by atoms with Gasteiger partial charge in [-0.1, -0.05) is 12.1 Å². The number of ether oxygens (including phenoxy) is 1. The van der Waals surface area contributed by atoms with Crippen LogP contribution in [0, 0.1) is 5.82 Å². The van der Waals surface area contributed by atoms with Gasteiger partial charge < -0.3 is 30.4 Å². The Kier molecular flexibility index (Phi) is 8.07. The van der Waals surface area contributed by atoms with Crippen molar-refractivity contribution in [2.45, 2.75) is 12.6 Å². The van der Waals surface area contributed by atoms with Gasteiger partial charge in [0.05, 0.1) is 36.3 Å². The predicted molar refractivity (Wildman–Crippen MR) is 146 cm³/mol. The van der Waals surface area contributed by atoms with Crippen LogP contribution in [0.5, 0.6) is 0 Å². The molecule has 4 heterocycles. The summed E-state index contributed by atoms with van der Waals surface area (Å²) >= 11 is 0. The number of anilines is 3. The predicted octanol–water partition coefficient (Wildman–Crippen LogP) is 2.60. The third-order valence-corrected chi connectivity index (χ3v) is 6.81. The monoisotopic (exact) mass is 534 g/mol. The van der Waals surface area contributed by atoms with Crippen LogP contribution in [0.3, 0.4) is 0 Å². The molecule has 11 nitrogen and oxygen atoms in total. The highest BCUT2D eigenvalue weighted by atomic mass is 19.1. The van der Waals surface area contributed by atoms with E-state index in [0.717, 1.165) is 32.4 Å².